The maximum Gasteiger partial charge on any atom is 0.200 e. The van der Waals surface area contributed by atoms with Gasteiger partial charge in [-0.15, -0.1) is 0 Å². The minimum atomic E-state index is 0.0286. The average Bonchev–Trinajstić information content (AvgIpc) is 2.72. The van der Waals surface area contributed by atoms with Crippen LogP contribution in [-0.2, 0) is 0 Å². The normalized spacial score (nSPS) is 12.9. The molecule has 0 spiro atoms. The second-order valence-electron chi connectivity index (χ2n) is 4.28. The van der Waals surface area contributed by atoms with Gasteiger partial charge in [0.2, 0.25) is 5.78 Å². The maximum atomic E-state index is 12.0. The van der Waals surface area contributed by atoms with Gasteiger partial charge in [0.25, 0.3) is 0 Å². The van der Waals surface area contributed by atoms with Crippen molar-refractivity contribution in [2.24, 2.45) is 5.92 Å². The lowest BCUT2D eigenvalue weighted by Crippen LogP contribution is -2.08. The first-order valence-electron chi connectivity index (χ1n) is 5.67. The van der Waals surface area contributed by atoms with Gasteiger partial charge >= 0.3 is 0 Å². The van der Waals surface area contributed by atoms with Crippen LogP contribution in [0.1, 0.15) is 36.4 Å². The number of carbonyl (C=O) groups is 1. The van der Waals surface area contributed by atoms with E-state index in [9.17, 15) is 4.79 Å². The van der Waals surface area contributed by atoms with Gasteiger partial charge in [-0.1, -0.05) is 32.0 Å². The van der Waals surface area contributed by atoms with E-state index in [1.165, 1.54) is 0 Å². The first-order valence-corrected chi connectivity index (χ1v) is 5.67. The van der Waals surface area contributed by atoms with Crippen LogP contribution in [0.5, 0.6) is 0 Å². The molecule has 1 unspecified atom stereocenters. The quantitative estimate of drug-likeness (QED) is 0.727. The van der Waals surface area contributed by atoms with E-state index in [4.69, 9.17) is 4.42 Å². The van der Waals surface area contributed by atoms with Crippen molar-refractivity contribution in [1.29, 1.82) is 0 Å². The van der Waals surface area contributed by atoms with Crippen LogP contribution in [0.25, 0.3) is 11.0 Å². The Morgan fingerprint density at radius 3 is 2.81 bits per heavy atom. The average molecular weight is 216 g/mol. The number of rotatable bonds is 3. The SMILES string of the molecule is CCC(C)C(=O)c1cc2cccc(C)c2o1. The van der Waals surface area contributed by atoms with Gasteiger partial charge in [-0.25, -0.2) is 0 Å². The Morgan fingerprint density at radius 1 is 1.44 bits per heavy atom. The summed E-state index contributed by atoms with van der Waals surface area (Å²) >= 11 is 0. The minimum absolute atomic E-state index is 0.0286. The molecule has 0 N–H and O–H groups in total. The Morgan fingerprint density at radius 2 is 2.19 bits per heavy atom. The predicted molar refractivity (Wildman–Crippen MR) is 64.7 cm³/mol. The van der Waals surface area contributed by atoms with Gasteiger partial charge in [0.05, 0.1) is 0 Å². The number of fused-ring (bicyclic) bond motifs is 1. The maximum absolute atomic E-state index is 12.0. The molecular formula is C14H16O2. The summed E-state index contributed by atoms with van der Waals surface area (Å²) in [5.74, 6) is 0.609. The fourth-order valence-electron chi connectivity index (χ4n) is 1.76. The molecule has 0 aliphatic rings. The molecular weight excluding hydrogens is 200 g/mol. The van der Waals surface area contributed by atoms with Crippen LogP contribution >= 0.6 is 0 Å². The molecule has 0 bridgehead atoms. The molecule has 1 heterocycles. The van der Waals surface area contributed by atoms with Gasteiger partial charge < -0.3 is 4.42 Å². The van der Waals surface area contributed by atoms with Crippen LogP contribution in [-0.4, -0.2) is 5.78 Å². The standard InChI is InChI=1S/C14H16O2/c1-4-9(2)13(15)12-8-11-7-5-6-10(3)14(11)16-12/h5-9H,4H2,1-3H3. The highest BCUT2D eigenvalue weighted by atomic mass is 16.3. The summed E-state index contributed by atoms with van der Waals surface area (Å²) in [4.78, 5) is 12.0. The summed E-state index contributed by atoms with van der Waals surface area (Å²) in [6.45, 7) is 5.93. The molecule has 0 fully saturated rings. The number of aryl methyl sites for hydroxylation is 1. The Labute approximate surface area is 95.3 Å². The molecule has 0 aliphatic carbocycles. The highest BCUT2D eigenvalue weighted by Crippen LogP contribution is 2.24. The highest BCUT2D eigenvalue weighted by molar-refractivity contribution is 5.99. The van der Waals surface area contributed by atoms with Crippen LogP contribution in [0.15, 0.2) is 28.7 Å². The molecule has 2 aromatic rings. The van der Waals surface area contributed by atoms with Gasteiger partial charge in [-0.2, -0.15) is 0 Å². The molecule has 1 aromatic heterocycles. The number of Topliss-reactive ketones (excluding diaryl/α,β-unsaturated/α-hetero) is 1. The third kappa shape index (κ3) is 1.75. The molecule has 2 heteroatoms. The molecule has 16 heavy (non-hydrogen) atoms. The van der Waals surface area contributed by atoms with Crippen LogP contribution in [0.4, 0.5) is 0 Å². The van der Waals surface area contributed by atoms with Crippen molar-refractivity contribution in [3.8, 4) is 0 Å². The molecule has 0 radical (unpaired) electrons. The van der Waals surface area contributed by atoms with Crippen LogP contribution in [0, 0.1) is 12.8 Å². The van der Waals surface area contributed by atoms with Gasteiger partial charge in [-0.3, -0.25) is 4.79 Å². The van der Waals surface area contributed by atoms with Gasteiger partial charge in [0.15, 0.2) is 5.76 Å². The van der Waals surface area contributed by atoms with E-state index in [0.29, 0.717) is 5.76 Å². The molecule has 84 valence electrons. The van der Waals surface area contributed by atoms with Crippen molar-refractivity contribution in [1.82, 2.24) is 0 Å². The first kappa shape index (κ1) is 10.9. The molecule has 0 amide bonds. The monoisotopic (exact) mass is 216 g/mol. The van der Waals surface area contributed by atoms with E-state index in [0.717, 1.165) is 23.0 Å². The third-order valence-corrected chi connectivity index (χ3v) is 3.04. The summed E-state index contributed by atoms with van der Waals surface area (Å²) in [7, 11) is 0. The number of furan rings is 1. The van der Waals surface area contributed by atoms with E-state index < -0.39 is 0 Å². The summed E-state index contributed by atoms with van der Waals surface area (Å²) in [6.07, 6.45) is 0.842. The van der Waals surface area contributed by atoms with Crippen molar-refractivity contribution < 1.29 is 9.21 Å². The smallest absolute Gasteiger partial charge is 0.200 e. The van der Waals surface area contributed by atoms with Crippen molar-refractivity contribution in [2.75, 3.05) is 0 Å². The van der Waals surface area contributed by atoms with Gasteiger partial charge in [0.1, 0.15) is 5.58 Å². The Bertz CT molecular complexity index is 523. The second kappa shape index (κ2) is 4.12. The zero-order valence-electron chi connectivity index (χ0n) is 9.91. The fraction of sp³-hybridized carbons (Fsp3) is 0.357. The summed E-state index contributed by atoms with van der Waals surface area (Å²) in [5.41, 5.74) is 1.90. The third-order valence-electron chi connectivity index (χ3n) is 3.04. The van der Waals surface area contributed by atoms with Gasteiger partial charge in [0, 0.05) is 11.3 Å². The number of carbonyl (C=O) groups excluding carboxylic acids is 1. The van der Waals surface area contributed by atoms with E-state index in [1.54, 1.807) is 0 Å². The minimum Gasteiger partial charge on any atom is -0.453 e. The van der Waals surface area contributed by atoms with E-state index in [1.807, 2.05) is 45.0 Å². The number of hydrogen-bond acceptors (Lipinski definition) is 2. The van der Waals surface area contributed by atoms with E-state index >= 15 is 0 Å². The number of ketones is 1. The first-order chi connectivity index (χ1) is 7.63. The fourth-order valence-corrected chi connectivity index (χ4v) is 1.76. The number of benzene rings is 1. The lowest BCUT2D eigenvalue weighted by Gasteiger charge is -2.03. The van der Waals surface area contributed by atoms with Crippen LogP contribution in [0.2, 0.25) is 0 Å². The van der Waals surface area contributed by atoms with Crippen molar-refractivity contribution in [3.63, 3.8) is 0 Å². The Balaban J connectivity index is 2.48. The summed E-state index contributed by atoms with van der Waals surface area (Å²) < 4.78 is 5.63. The van der Waals surface area contributed by atoms with Crippen molar-refractivity contribution in [2.45, 2.75) is 27.2 Å². The molecule has 0 saturated heterocycles. The Kier molecular flexibility index (Phi) is 2.82. The lowest BCUT2D eigenvalue weighted by atomic mass is 10.0. The molecule has 0 aliphatic heterocycles. The van der Waals surface area contributed by atoms with Gasteiger partial charge in [-0.05, 0) is 25.0 Å². The highest BCUT2D eigenvalue weighted by Gasteiger charge is 2.18. The van der Waals surface area contributed by atoms with Crippen molar-refractivity contribution in [3.05, 3.63) is 35.6 Å². The van der Waals surface area contributed by atoms with Crippen molar-refractivity contribution >= 4 is 16.8 Å². The molecule has 1 aromatic carbocycles. The molecule has 2 nitrogen and oxygen atoms in total. The summed E-state index contributed by atoms with van der Waals surface area (Å²) in [5, 5.41) is 1.01. The van der Waals surface area contributed by atoms with Crippen LogP contribution in [0.3, 0.4) is 0 Å². The zero-order valence-corrected chi connectivity index (χ0v) is 9.91. The topological polar surface area (TPSA) is 30.2 Å². The second-order valence-corrected chi connectivity index (χ2v) is 4.28. The number of hydrogen-bond donors (Lipinski definition) is 0. The molecule has 2 rings (SSSR count). The summed E-state index contributed by atoms with van der Waals surface area (Å²) in [6, 6.07) is 7.78. The van der Waals surface area contributed by atoms with E-state index in [-0.39, 0.29) is 11.7 Å². The largest absolute Gasteiger partial charge is 0.453 e. The molecule has 1 atom stereocenters. The van der Waals surface area contributed by atoms with E-state index in [2.05, 4.69) is 0 Å². The zero-order chi connectivity index (χ0) is 11.7. The predicted octanol–water partition coefficient (Wildman–Crippen LogP) is 3.97. The lowest BCUT2D eigenvalue weighted by molar-refractivity contribution is 0.0901. The number of para-hydroxylation sites is 1. The van der Waals surface area contributed by atoms with Crippen LogP contribution < -0.4 is 0 Å². The Hall–Kier alpha value is -1.57. The molecule has 0 saturated carbocycles.